The molecule has 20 heavy (non-hydrogen) atoms. The first-order chi connectivity index (χ1) is 9.65. The number of methoxy groups -OCH3 is 1. The highest BCUT2D eigenvalue weighted by Gasteiger charge is 2.18. The van der Waals surface area contributed by atoms with E-state index in [9.17, 15) is 10.1 Å². The number of aromatic nitrogens is 1. The topological polar surface area (TPSA) is 74.5 Å². The Morgan fingerprint density at radius 2 is 2.20 bits per heavy atom. The Hall–Kier alpha value is -2.15. The lowest BCUT2D eigenvalue weighted by molar-refractivity contribution is -0.385. The van der Waals surface area contributed by atoms with Crippen molar-refractivity contribution in [3.05, 3.63) is 52.2 Å². The van der Waals surface area contributed by atoms with Gasteiger partial charge in [0.05, 0.1) is 18.1 Å². The summed E-state index contributed by atoms with van der Waals surface area (Å²) in [5.41, 5.74) is 0.633. The van der Waals surface area contributed by atoms with Crippen LogP contribution < -0.4 is 9.47 Å². The molecule has 1 aromatic carbocycles. The average Bonchev–Trinajstić information content (AvgIpc) is 2.48. The Morgan fingerprint density at radius 1 is 1.40 bits per heavy atom. The van der Waals surface area contributed by atoms with Crippen LogP contribution in [0.4, 0.5) is 5.69 Å². The number of alkyl halides is 1. The maximum Gasteiger partial charge on any atom is 0.315 e. The van der Waals surface area contributed by atoms with Crippen LogP contribution in [0.15, 0.2) is 36.5 Å². The maximum absolute atomic E-state index is 11.1. The molecule has 1 aromatic heterocycles. The molecule has 0 aliphatic carbocycles. The van der Waals surface area contributed by atoms with Gasteiger partial charge in [0.1, 0.15) is 5.75 Å². The Morgan fingerprint density at radius 3 is 2.85 bits per heavy atom. The van der Waals surface area contributed by atoms with Gasteiger partial charge in [0.2, 0.25) is 11.6 Å². The SMILES string of the molecule is COc1ccc(Oc2ncccc2CBr)c([N+](=O)[O-])c1. The average molecular weight is 339 g/mol. The van der Waals surface area contributed by atoms with E-state index in [0.717, 1.165) is 5.56 Å². The number of ether oxygens (including phenoxy) is 2. The zero-order valence-electron chi connectivity index (χ0n) is 10.6. The first-order valence-electron chi connectivity index (χ1n) is 5.66. The molecular formula is C13H11BrN2O4. The monoisotopic (exact) mass is 338 g/mol. The summed E-state index contributed by atoms with van der Waals surface area (Å²) in [5, 5.41) is 11.6. The van der Waals surface area contributed by atoms with Crippen molar-refractivity contribution in [2.45, 2.75) is 5.33 Å². The van der Waals surface area contributed by atoms with Gasteiger partial charge in [-0.25, -0.2) is 4.98 Å². The largest absolute Gasteiger partial charge is 0.496 e. The number of nitro groups is 1. The summed E-state index contributed by atoms with van der Waals surface area (Å²) in [5.74, 6) is 0.847. The zero-order chi connectivity index (χ0) is 14.5. The lowest BCUT2D eigenvalue weighted by Gasteiger charge is -2.09. The van der Waals surface area contributed by atoms with Crippen LogP contribution >= 0.6 is 15.9 Å². The van der Waals surface area contributed by atoms with Crippen LogP contribution in [0.3, 0.4) is 0 Å². The van der Waals surface area contributed by atoms with Gasteiger partial charge in [0, 0.05) is 17.1 Å². The molecule has 0 bridgehead atoms. The van der Waals surface area contributed by atoms with Gasteiger partial charge in [-0.1, -0.05) is 22.0 Å². The molecule has 0 saturated carbocycles. The minimum absolute atomic E-state index is 0.122. The Balaban J connectivity index is 2.40. The second kappa shape index (κ2) is 6.33. The van der Waals surface area contributed by atoms with Crippen molar-refractivity contribution in [1.29, 1.82) is 0 Å². The van der Waals surface area contributed by atoms with Crippen LogP contribution in [-0.4, -0.2) is 17.0 Å². The number of nitrogens with zero attached hydrogens (tertiary/aromatic N) is 2. The van der Waals surface area contributed by atoms with Gasteiger partial charge in [0.25, 0.3) is 0 Å². The smallest absolute Gasteiger partial charge is 0.315 e. The van der Waals surface area contributed by atoms with Crippen LogP contribution in [0.5, 0.6) is 17.4 Å². The first kappa shape index (κ1) is 14.3. The first-order valence-corrected chi connectivity index (χ1v) is 6.78. The normalized spacial score (nSPS) is 10.1. The fourth-order valence-electron chi connectivity index (χ4n) is 1.58. The van der Waals surface area contributed by atoms with E-state index in [2.05, 4.69) is 20.9 Å². The third-order valence-corrected chi connectivity index (χ3v) is 3.17. The van der Waals surface area contributed by atoms with Crippen molar-refractivity contribution < 1.29 is 14.4 Å². The summed E-state index contributed by atoms with van der Waals surface area (Å²) < 4.78 is 10.5. The Kier molecular flexibility index (Phi) is 4.52. The molecule has 0 radical (unpaired) electrons. The molecule has 6 nitrogen and oxygen atoms in total. The van der Waals surface area contributed by atoms with E-state index in [1.807, 2.05) is 6.07 Å². The van der Waals surface area contributed by atoms with E-state index in [1.165, 1.54) is 19.2 Å². The summed E-state index contributed by atoms with van der Waals surface area (Å²) in [6.45, 7) is 0. The quantitative estimate of drug-likeness (QED) is 0.472. The van der Waals surface area contributed by atoms with Crippen molar-refractivity contribution in [3.8, 4) is 17.4 Å². The Bertz CT molecular complexity index is 634. The molecule has 2 aromatic rings. The van der Waals surface area contributed by atoms with Gasteiger partial charge in [-0.3, -0.25) is 10.1 Å². The zero-order valence-corrected chi connectivity index (χ0v) is 12.2. The van der Waals surface area contributed by atoms with Crippen molar-refractivity contribution in [3.63, 3.8) is 0 Å². The molecule has 2 rings (SSSR count). The minimum atomic E-state index is -0.519. The number of pyridine rings is 1. The van der Waals surface area contributed by atoms with Gasteiger partial charge < -0.3 is 9.47 Å². The van der Waals surface area contributed by atoms with Crippen LogP contribution in [-0.2, 0) is 5.33 Å². The highest BCUT2D eigenvalue weighted by atomic mass is 79.9. The fraction of sp³-hybridized carbons (Fsp3) is 0.154. The summed E-state index contributed by atoms with van der Waals surface area (Å²) in [7, 11) is 1.45. The van der Waals surface area contributed by atoms with Gasteiger partial charge in [-0.05, 0) is 18.2 Å². The molecule has 0 spiro atoms. The van der Waals surface area contributed by atoms with Gasteiger partial charge in [0.15, 0.2) is 0 Å². The molecule has 104 valence electrons. The minimum Gasteiger partial charge on any atom is -0.496 e. The number of rotatable bonds is 5. The highest BCUT2D eigenvalue weighted by molar-refractivity contribution is 9.08. The molecule has 0 aliphatic rings. The molecule has 0 N–H and O–H groups in total. The van der Waals surface area contributed by atoms with E-state index >= 15 is 0 Å². The number of benzene rings is 1. The third-order valence-electron chi connectivity index (χ3n) is 2.56. The number of nitro benzene ring substituents is 1. The van der Waals surface area contributed by atoms with E-state index in [1.54, 1.807) is 18.3 Å². The predicted molar refractivity (Wildman–Crippen MR) is 76.6 cm³/mol. The summed E-state index contributed by atoms with van der Waals surface area (Å²) >= 11 is 3.32. The van der Waals surface area contributed by atoms with Gasteiger partial charge >= 0.3 is 5.69 Å². The van der Waals surface area contributed by atoms with Crippen molar-refractivity contribution in [1.82, 2.24) is 4.98 Å². The van der Waals surface area contributed by atoms with Crippen molar-refractivity contribution in [2.24, 2.45) is 0 Å². The van der Waals surface area contributed by atoms with E-state index in [0.29, 0.717) is 17.0 Å². The Labute approximate surface area is 123 Å². The van der Waals surface area contributed by atoms with E-state index in [-0.39, 0.29) is 11.4 Å². The molecule has 0 fully saturated rings. The van der Waals surface area contributed by atoms with Gasteiger partial charge in [-0.15, -0.1) is 0 Å². The lowest BCUT2D eigenvalue weighted by atomic mass is 10.2. The number of hydrogen-bond acceptors (Lipinski definition) is 5. The highest BCUT2D eigenvalue weighted by Crippen LogP contribution is 2.35. The van der Waals surface area contributed by atoms with Crippen LogP contribution in [0.2, 0.25) is 0 Å². The molecule has 0 amide bonds. The van der Waals surface area contributed by atoms with Gasteiger partial charge in [-0.2, -0.15) is 0 Å². The third kappa shape index (κ3) is 3.05. The molecule has 1 heterocycles. The molecule has 0 unspecified atom stereocenters. The van der Waals surface area contributed by atoms with E-state index < -0.39 is 4.92 Å². The number of halogens is 1. The molecule has 7 heteroatoms. The van der Waals surface area contributed by atoms with Crippen LogP contribution in [0, 0.1) is 10.1 Å². The maximum atomic E-state index is 11.1. The molecule has 0 saturated heterocycles. The second-order valence-electron chi connectivity index (χ2n) is 3.79. The summed E-state index contributed by atoms with van der Waals surface area (Å²) in [6, 6.07) is 7.99. The molecule has 0 atom stereocenters. The molecular weight excluding hydrogens is 328 g/mol. The fourth-order valence-corrected chi connectivity index (χ4v) is 2.00. The summed E-state index contributed by atoms with van der Waals surface area (Å²) in [6.07, 6.45) is 1.57. The second-order valence-corrected chi connectivity index (χ2v) is 4.35. The summed E-state index contributed by atoms with van der Waals surface area (Å²) in [4.78, 5) is 14.6. The van der Waals surface area contributed by atoms with Crippen molar-refractivity contribution in [2.75, 3.05) is 7.11 Å². The molecule has 0 aliphatic heterocycles. The lowest BCUT2D eigenvalue weighted by Crippen LogP contribution is -1.97. The predicted octanol–water partition coefficient (Wildman–Crippen LogP) is 3.69. The van der Waals surface area contributed by atoms with Crippen LogP contribution in [0.25, 0.3) is 0 Å². The standard InChI is InChI=1S/C13H11BrN2O4/c1-19-10-4-5-12(11(7-10)16(17)18)20-13-9(8-14)3-2-6-15-13/h2-7H,8H2,1H3. The van der Waals surface area contributed by atoms with E-state index in [4.69, 9.17) is 9.47 Å². The van der Waals surface area contributed by atoms with Crippen molar-refractivity contribution >= 4 is 21.6 Å². The number of hydrogen-bond donors (Lipinski definition) is 0. The van der Waals surface area contributed by atoms with Crippen LogP contribution in [0.1, 0.15) is 5.56 Å².